The molecule has 0 unspecified atom stereocenters. The van der Waals surface area contributed by atoms with Gasteiger partial charge in [0.1, 0.15) is 6.54 Å². The Kier molecular flexibility index (Phi) is 5.78. The Morgan fingerprint density at radius 3 is 2.29 bits per heavy atom. The van der Waals surface area contributed by atoms with Crippen LogP contribution in [0.25, 0.3) is 11.0 Å². The van der Waals surface area contributed by atoms with Crippen molar-refractivity contribution in [2.75, 3.05) is 6.61 Å². The van der Waals surface area contributed by atoms with Gasteiger partial charge in [-0.05, 0) is 49.6 Å². The largest absolute Gasteiger partial charge is 0.456 e. The highest BCUT2D eigenvalue weighted by Crippen LogP contribution is 2.14. The van der Waals surface area contributed by atoms with Gasteiger partial charge in [-0.1, -0.05) is 31.2 Å². The van der Waals surface area contributed by atoms with Crippen LogP contribution in [-0.2, 0) is 22.6 Å². The number of benzene rings is 2. The van der Waals surface area contributed by atoms with Crippen molar-refractivity contribution in [2.45, 2.75) is 40.3 Å². The highest BCUT2D eigenvalue weighted by atomic mass is 16.5. The predicted octanol–water partition coefficient (Wildman–Crippen LogP) is 3.26. The normalized spacial score (nSPS) is 11.0. The van der Waals surface area contributed by atoms with Crippen molar-refractivity contribution >= 4 is 22.8 Å². The first-order valence-corrected chi connectivity index (χ1v) is 9.36. The first-order chi connectivity index (χ1) is 13.4. The smallest absolute Gasteiger partial charge is 0.329 e. The molecular weight excluding hydrogens is 356 g/mol. The van der Waals surface area contributed by atoms with Crippen LogP contribution in [0, 0.1) is 13.8 Å². The number of fused-ring (bicyclic) bond motifs is 1. The van der Waals surface area contributed by atoms with Gasteiger partial charge in [0, 0.05) is 12.1 Å². The summed E-state index contributed by atoms with van der Waals surface area (Å²) >= 11 is 0. The third kappa shape index (κ3) is 3.91. The van der Waals surface area contributed by atoms with Gasteiger partial charge < -0.3 is 4.74 Å². The topological polar surface area (TPSA) is 70.3 Å². The average molecular weight is 380 g/mol. The van der Waals surface area contributed by atoms with Crippen LogP contribution in [0.15, 0.2) is 47.3 Å². The number of aryl methyl sites for hydroxylation is 3. The van der Waals surface area contributed by atoms with Crippen LogP contribution in [0.4, 0.5) is 0 Å². The summed E-state index contributed by atoms with van der Waals surface area (Å²) in [7, 11) is 0. The lowest BCUT2D eigenvalue weighted by Crippen LogP contribution is -2.28. The van der Waals surface area contributed by atoms with Gasteiger partial charge in [-0.3, -0.25) is 18.7 Å². The zero-order valence-electron chi connectivity index (χ0n) is 16.4. The maximum Gasteiger partial charge on any atom is 0.329 e. The van der Waals surface area contributed by atoms with Gasteiger partial charge in [-0.15, -0.1) is 0 Å². The molecule has 0 amide bonds. The molecule has 0 bridgehead atoms. The molecule has 0 saturated heterocycles. The van der Waals surface area contributed by atoms with Crippen molar-refractivity contribution in [3.05, 3.63) is 69.6 Å². The number of imidazole rings is 1. The molecule has 0 N–H and O–H groups in total. The van der Waals surface area contributed by atoms with E-state index in [-0.39, 0.29) is 24.6 Å². The van der Waals surface area contributed by atoms with Gasteiger partial charge in [0.05, 0.1) is 11.0 Å². The molecule has 1 heterocycles. The molecule has 28 heavy (non-hydrogen) atoms. The predicted molar refractivity (Wildman–Crippen MR) is 108 cm³/mol. The number of aromatic nitrogens is 2. The maximum absolute atomic E-state index is 12.7. The maximum atomic E-state index is 12.7. The van der Waals surface area contributed by atoms with Crippen LogP contribution in [0.2, 0.25) is 0 Å². The third-order valence-corrected chi connectivity index (χ3v) is 4.85. The molecule has 0 aliphatic carbocycles. The molecule has 0 saturated carbocycles. The summed E-state index contributed by atoms with van der Waals surface area (Å²) < 4.78 is 8.20. The second-order valence-electron chi connectivity index (χ2n) is 6.89. The number of rotatable bonds is 7. The van der Waals surface area contributed by atoms with Gasteiger partial charge in [0.15, 0.2) is 12.4 Å². The Labute approximate surface area is 163 Å². The van der Waals surface area contributed by atoms with Gasteiger partial charge in [-0.2, -0.15) is 0 Å². The number of ketones is 1. The van der Waals surface area contributed by atoms with Crippen LogP contribution in [0.3, 0.4) is 0 Å². The number of Topliss-reactive ketones (excluding diaryl/α,β-unsaturated/α-hetero) is 1. The summed E-state index contributed by atoms with van der Waals surface area (Å²) in [6, 6.07) is 12.7. The van der Waals surface area contributed by atoms with E-state index < -0.39 is 5.97 Å². The molecule has 146 valence electrons. The molecule has 2 aromatic carbocycles. The van der Waals surface area contributed by atoms with Crippen molar-refractivity contribution in [3.63, 3.8) is 0 Å². The monoisotopic (exact) mass is 380 g/mol. The number of para-hydroxylation sites is 2. The van der Waals surface area contributed by atoms with E-state index in [1.54, 1.807) is 22.8 Å². The molecule has 3 rings (SSSR count). The summed E-state index contributed by atoms with van der Waals surface area (Å²) in [5.74, 6) is -0.879. The van der Waals surface area contributed by atoms with E-state index in [1.165, 1.54) is 4.57 Å². The Bertz CT molecular complexity index is 1090. The van der Waals surface area contributed by atoms with E-state index in [2.05, 4.69) is 0 Å². The SMILES string of the molecule is CCCn1c(=O)n(CC(=O)OCC(=O)c2ccc(C)c(C)c2)c2ccccc21. The van der Waals surface area contributed by atoms with Crippen molar-refractivity contribution in [3.8, 4) is 0 Å². The van der Waals surface area contributed by atoms with Gasteiger partial charge in [0.2, 0.25) is 0 Å². The number of carbonyl (C=O) groups excluding carboxylic acids is 2. The Morgan fingerprint density at radius 2 is 1.64 bits per heavy atom. The minimum Gasteiger partial charge on any atom is -0.456 e. The molecule has 1 aromatic heterocycles. The summed E-state index contributed by atoms with van der Waals surface area (Å²) in [6.07, 6.45) is 0.808. The minimum atomic E-state index is -0.612. The first kappa shape index (κ1) is 19.6. The van der Waals surface area contributed by atoms with Crippen LogP contribution in [0.5, 0.6) is 0 Å². The molecule has 0 fully saturated rings. The van der Waals surface area contributed by atoms with Crippen molar-refractivity contribution in [1.29, 1.82) is 0 Å². The van der Waals surface area contributed by atoms with E-state index in [4.69, 9.17) is 4.74 Å². The van der Waals surface area contributed by atoms with Gasteiger partial charge in [0.25, 0.3) is 0 Å². The zero-order chi connectivity index (χ0) is 20.3. The second kappa shape index (κ2) is 8.25. The third-order valence-electron chi connectivity index (χ3n) is 4.85. The highest BCUT2D eigenvalue weighted by Gasteiger charge is 2.17. The first-order valence-electron chi connectivity index (χ1n) is 9.36. The molecule has 0 atom stereocenters. The standard InChI is InChI=1S/C22H24N2O4/c1-4-11-23-18-7-5-6-8-19(18)24(22(23)27)13-21(26)28-14-20(25)17-10-9-15(2)16(3)12-17/h5-10,12H,4,11,13-14H2,1-3H3. The molecular formula is C22H24N2O4. The highest BCUT2D eigenvalue weighted by molar-refractivity contribution is 5.98. The van der Waals surface area contributed by atoms with Crippen molar-refractivity contribution in [1.82, 2.24) is 9.13 Å². The van der Waals surface area contributed by atoms with Crippen LogP contribution in [0.1, 0.15) is 34.8 Å². The molecule has 0 aliphatic rings. The quantitative estimate of drug-likeness (QED) is 0.466. The van der Waals surface area contributed by atoms with Crippen molar-refractivity contribution < 1.29 is 14.3 Å². The second-order valence-corrected chi connectivity index (χ2v) is 6.89. The van der Waals surface area contributed by atoms with Gasteiger partial charge in [-0.25, -0.2) is 4.79 Å². The number of carbonyl (C=O) groups is 2. The molecule has 6 nitrogen and oxygen atoms in total. The molecule has 0 aliphatic heterocycles. The number of hydrogen-bond donors (Lipinski definition) is 0. The van der Waals surface area contributed by atoms with Gasteiger partial charge >= 0.3 is 11.7 Å². The van der Waals surface area contributed by atoms with E-state index in [1.807, 2.05) is 45.0 Å². The average Bonchev–Trinajstić information content (AvgIpc) is 2.94. The fourth-order valence-corrected chi connectivity index (χ4v) is 3.18. The molecule has 3 aromatic rings. The summed E-state index contributed by atoms with van der Waals surface area (Å²) in [5.41, 5.74) is 3.82. The lowest BCUT2D eigenvalue weighted by Gasteiger charge is -2.07. The fraction of sp³-hybridized carbons (Fsp3) is 0.318. The number of esters is 1. The summed E-state index contributed by atoms with van der Waals surface area (Å²) in [4.78, 5) is 37.3. The fourth-order valence-electron chi connectivity index (χ4n) is 3.18. The Hall–Kier alpha value is -3.15. The van der Waals surface area contributed by atoms with E-state index in [0.29, 0.717) is 17.6 Å². The van der Waals surface area contributed by atoms with E-state index >= 15 is 0 Å². The van der Waals surface area contributed by atoms with E-state index in [9.17, 15) is 14.4 Å². The lowest BCUT2D eigenvalue weighted by molar-refractivity contribution is -0.143. The Balaban J connectivity index is 1.73. The van der Waals surface area contributed by atoms with Crippen molar-refractivity contribution in [2.24, 2.45) is 0 Å². The van der Waals surface area contributed by atoms with E-state index in [0.717, 1.165) is 23.1 Å². The van der Waals surface area contributed by atoms with Crippen LogP contribution < -0.4 is 5.69 Å². The molecule has 6 heteroatoms. The lowest BCUT2D eigenvalue weighted by atomic mass is 10.0. The molecule has 0 radical (unpaired) electrons. The summed E-state index contributed by atoms with van der Waals surface area (Å²) in [6.45, 7) is 5.89. The minimum absolute atomic E-state index is 0.226. The van der Waals surface area contributed by atoms with Crippen LogP contribution in [-0.4, -0.2) is 27.5 Å². The summed E-state index contributed by atoms with van der Waals surface area (Å²) in [5, 5.41) is 0. The number of nitrogens with zero attached hydrogens (tertiary/aromatic N) is 2. The zero-order valence-corrected chi connectivity index (χ0v) is 16.4. The Morgan fingerprint density at radius 1 is 0.964 bits per heavy atom. The van der Waals surface area contributed by atoms with Crippen LogP contribution >= 0.6 is 0 Å². The number of hydrogen-bond acceptors (Lipinski definition) is 4. The number of ether oxygens (including phenoxy) is 1. The molecule has 0 spiro atoms.